The van der Waals surface area contributed by atoms with E-state index in [4.69, 9.17) is 9.47 Å². The van der Waals surface area contributed by atoms with Crippen LogP contribution in [0.25, 0.3) is 0 Å². The molecule has 1 saturated heterocycles. The van der Waals surface area contributed by atoms with Gasteiger partial charge in [-0.15, -0.1) is 0 Å². The molecule has 21 heavy (non-hydrogen) atoms. The number of nitrogens with zero attached hydrogens (tertiary/aromatic N) is 1. The molecule has 0 aromatic heterocycles. The molecule has 2 rings (SSSR count). The predicted molar refractivity (Wildman–Crippen MR) is 86.3 cm³/mol. The summed E-state index contributed by atoms with van der Waals surface area (Å²) in [5.74, 6) is 1.77. The van der Waals surface area contributed by atoms with Crippen LogP contribution in [0.2, 0.25) is 0 Å². The fourth-order valence-corrected chi connectivity index (χ4v) is 2.75. The Morgan fingerprint density at radius 3 is 2.67 bits per heavy atom. The zero-order valence-corrected chi connectivity index (χ0v) is 13.5. The number of piperidine rings is 1. The van der Waals surface area contributed by atoms with E-state index in [2.05, 4.69) is 23.2 Å². The van der Waals surface area contributed by atoms with Crippen molar-refractivity contribution in [1.82, 2.24) is 10.2 Å². The van der Waals surface area contributed by atoms with Crippen molar-refractivity contribution >= 4 is 0 Å². The van der Waals surface area contributed by atoms with Crippen molar-refractivity contribution in [1.29, 1.82) is 0 Å². The molecule has 1 heterocycles. The van der Waals surface area contributed by atoms with Gasteiger partial charge in [-0.1, -0.05) is 12.5 Å². The standard InChI is InChI=1S/C17H28N2O2/c1-14(18-2)16-8-7-15(20-3)13-17(16)21-12-11-19-9-5-4-6-10-19/h7-8,13-14,18H,4-6,9-12H2,1-3H3. The largest absolute Gasteiger partial charge is 0.497 e. The van der Waals surface area contributed by atoms with Crippen molar-refractivity contribution in [3.8, 4) is 11.5 Å². The number of methoxy groups -OCH3 is 1. The van der Waals surface area contributed by atoms with Crippen LogP contribution in [-0.4, -0.2) is 45.3 Å². The van der Waals surface area contributed by atoms with Gasteiger partial charge in [-0.05, 0) is 46.0 Å². The van der Waals surface area contributed by atoms with Crippen molar-refractivity contribution in [2.24, 2.45) is 0 Å². The van der Waals surface area contributed by atoms with Crippen LogP contribution in [0.15, 0.2) is 18.2 Å². The summed E-state index contributed by atoms with van der Waals surface area (Å²) in [6, 6.07) is 6.32. The van der Waals surface area contributed by atoms with Gasteiger partial charge in [-0.2, -0.15) is 0 Å². The fourth-order valence-electron chi connectivity index (χ4n) is 2.75. The molecule has 0 bridgehead atoms. The van der Waals surface area contributed by atoms with Gasteiger partial charge in [0.25, 0.3) is 0 Å². The maximum absolute atomic E-state index is 6.04. The third-order valence-electron chi connectivity index (χ3n) is 4.23. The number of likely N-dealkylation sites (tertiary alicyclic amines) is 1. The summed E-state index contributed by atoms with van der Waals surface area (Å²) in [4.78, 5) is 2.49. The summed E-state index contributed by atoms with van der Waals surface area (Å²) in [5.41, 5.74) is 1.18. The van der Waals surface area contributed by atoms with Crippen LogP contribution in [-0.2, 0) is 0 Å². The third-order valence-corrected chi connectivity index (χ3v) is 4.23. The minimum Gasteiger partial charge on any atom is -0.497 e. The van der Waals surface area contributed by atoms with E-state index in [0.29, 0.717) is 0 Å². The molecule has 4 heteroatoms. The highest BCUT2D eigenvalue weighted by Crippen LogP contribution is 2.29. The van der Waals surface area contributed by atoms with Crippen LogP contribution in [0, 0.1) is 0 Å². The van der Waals surface area contributed by atoms with Gasteiger partial charge in [0, 0.05) is 24.2 Å². The van der Waals surface area contributed by atoms with Gasteiger partial charge in [-0.25, -0.2) is 0 Å². The fraction of sp³-hybridized carbons (Fsp3) is 0.647. The summed E-state index contributed by atoms with van der Waals surface area (Å²) in [7, 11) is 3.65. The lowest BCUT2D eigenvalue weighted by Crippen LogP contribution is -2.33. The van der Waals surface area contributed by atoms with Crippen LogP contribution < -0.4 is 14.8 Å². The van der Waals surface area contributed by atoms with Gasteiger partial charge in [0.1, 0.15) is 18.1 Å². The van der Waals surface area contributed by atoms with Gasteiger partial charge in [0.05, 0.1) is 7.11 Å². The third kappa shape index (κ3) is 4.61. The lowest BCUT2D eigenvalue weighted by Gasteiger charge is -2.26. The second-order valence-corrected chi connectivity index (χ2v) is 5.66. The average molecular weight is 292 g/mol. The average Bonchev–Trinajstić information content (AvgIpc) is 2.55. The summed E-state index contributed by atoms with van der Waals surface area (Å²) in [5, 5.41) is 3.27. The first-order chi connectivity index (χ1) is 10.2. The molecular formula is C17H28N2O2. The maximum Gasteiger partial charge on any atom is 0.127 e. The molecule has 118 valence electrons. The molecule has 0 aliphatic carbocycles. The first-order valence-corrected chi connectivity index (χ1v) is 7.95. The Labute approximate surface area is 128 Å². The van der Waals surface area contributed by atoms with Gasteiger partial charge >= 0.3 is 0 Å². The molecule has 1 aliphatic heterocycles. The minimum atomic E-state index is 0.265. The van der Waals surface area contributed by atoms with E-state index >= 15 is 0 Å². The highest BCUT2D eigenvalue weighted by molar-refractivity contribution is 5.42. The minimum absolute atomic E-state index is 0.265. The lowest BCUT2D eigenvalue weighted by atomic mass is 10.1. The second-order valence-electron chi connectivity index (χ2n) is 5.66. The first-order valence-electron chi connectivity index (χ1n) is 7.95. The quantitative estimate of drug-likeness (QED) is 0.838. The smallest absolute Gasteiger partial charge is 0.127 e. The Morgan fingerprint density at radius 1 is 1.24 bits per heavy atom. The Kier molecular flexibility index (Phi) is 6.33. The molecule has 1 atom stereocenters. The number of hydrogen-bond acceptors (Lipinski definition) is 4. The Balaban J connectivity index is 1.95. The van der Waals surface area contributed by atoms with Crippen LogP contribution in [0.3, 0.4) is 0 Å². The number of benzene rings is 1. The van der Waals surface area contributed by atoms with E-state index < -0.39 is 0 Å². The van der Waals surface area contributed by atoms with Gasteiger partial charge in [0.15, 0.2) is 0 Å². The van der Waals surface area contributed by atoms with Crippen molar-refractivity contribution < 1.29 is 9.47 Å². The van der Waals surface area contributed by atoms with E-state index in [9.17, 15) is 0 Å². The van der Waals surface area contributed by atoms with E-state index in [-0.39, 0.29) is 6.04 Å². The molecule has 0 saturated carbocycles. The summed E-state index contributed by atoms with van der Waals surface area (Å²) in [6.07, 6.45) is 4.01. The van der Waals surface area contributed by atoms with Crippen LogP contribution >= 0.6 is 0 Å². The Morgan fingerprint density at radius 2 is 2.00 bits per heavy atom. The number of hydrogen-bond donors (Lipinski definition) is 1. The van der Waals surface area contributed by atoms with E-state index in [0.717, 1.165) is 24.7 Å². The van der Waals surface area contributed by atoms with Crippen molar-refractivity contribution in [3.63, 3.8) is 0 Å². The molecule has 1 N–H and O–H groups in total. The molecule has 0 spiro atoms. The zero-order valence-electron chi connectivity index (χ0n) is 13.5. The topological polar surface area (TPSA) is 33.7 Å². The summed E-state index contributed by atoms with van der Waals surface area (Å²) >= 11 is 0. The normalized spacial score (nSPS) is 17.5. The van der Waals surface area contributed by atoms with E-state index in [1.54, 1.807) is 7.11 Å². The van der Waals surface area contributed by atoms with Crippen LogP contribution in [0.5, 0.6) is 11.5 Å². The molecule has 1 aliphatic rings. The Bertz CT molecular complexity index is 431. The van der Waals surface area contributed by atoms with E-state index in [1.807, 2.05) is 19.2 Å². The summed E-state index contributed by atoms with van der Waals surface area (Å²) < 4.78 is 11.4. The molecule has 1 unspecified atom stereocenters. The molecule has 0 amide bonds. The van der Waals surface area contributed by atoms with Gasteiger partial charge in [-0.3, -0.25) is 4.90 Å². The maximum atomic E-state index is 6.04. The monoisotopic (exact) mass is 292 g/mol. The SMILES string of the molecule is CNC(C)c1ccc(OC)cc1OCCN1CCCCC1. The molecule has 4 nitrogen and oxygen atoms in total. The number of nitrogens with one attached hydrogen (secondary N) is 1. The van der Waals surface area contributed by atoms with Crippen molar-refractivity contribution in [3.05, 3.63) is 23.8 Å². The lowest BCUT2D eigenvalue weighted by molar-refractivity contribution is 0.182. The highest BCUT2D eigenvalue weighted by atomic mass is 16.5. The van der Waals surface area contributed by atoms with Crippen molar-refractivity contribution in [2.45, 2.75) is 32.2 Å². The highest BCUT2D eigenvalue weighted by Gasteiger charge is 2.13. The Hall–Kier alpha value is -1.26. The predicted octanol–water partition coefficient (Wildman–Crippen LogP) is 2.84. The van der Waals surface area contributed by atoms with Crippen molar-refractivity contribution in [2.75, 3.05) is 40.4 Å². The number of ether oxygens (including phenoxy) is 2. The zero-order chi connectivity index (χ0) is 15.1. The van der Waals surface area contributed by atoms with E-state index in [1.165, 1.54) is 37.9 Å². The van der Waals surface area contributed by atoms with Crippen LogP contribution in [0.4, 0.5) is 0 Å². The molecule has 0 radical (unpaired) electrons. The van der Waals surface area contributed by atoms with Gasteiger partial charge < -0.3 is 14.8 Å². The molecule has 1 fully saturated rings. The van der Waals surface area contributed by atoms with Crippen LogP contribution in [0.1, 0.15) is 37.8 Å². The molecule has 1 aromatic rings. The first kappa shape index (κ1) is 16.1. The molecule has 1 aromatic carbocycles. The molecular weight excluding hydrogens is 264 g/mol. The second kappa shape index (κ2) is 8.25. The number of rotatable bonds is 7. The van der Waals surface area contributed by atoms with Gasteiger partial charge in [0.2, 0.25) is 0 Å². The summed E-state index contributed by atoms with van der Waals surface area (Å²) in [6.45, 7) is 6.29.